The maximum absolute atomic E-state index is 10.3. The van der Waals surface area contributed by atoms with Crippen LogP contribution in [0.4, 0.5) is 4.79 Å². The average molecular weight is 175 g/mol. The lowest BCUT2D eigenvalue weighted by molar-refractivity contribution is 0.182. The number of hydrogen-bond donors (Lipinski definition) is 3. The first-order chi connectivity index (χ1) is 5.56. The van der Waals surface area contributed by atoms with Crippen molar-refractivity contribution in [3.05, 3.63) is 0 Å². The lowest BCUT2D eigenvalue weighted by atomic mass is 10.0. The van der Waals surface area contributed by atoms with Gasteiger partial charge in [-0.05, 0) is 18.8 Å². The van der Waals surface area contributed by atoms with Gasteiger partial charge in [0.05, 0.1) is 0 Å². The van der Waals surface area contributed by atoms with Crippen molar-refractivity contribution in [3.8, 4) is 0 Å². The summed E-state index contributed by atoms with van der Waals surface area (Å²) in [6.45, 7) is 4.07. The third-order valence-electron chi connectivity index (χ3n) is 1.56. The Labute approximate surface area is 72.6 Å². The Morgan fingerprint density at radius 2 is 2.08 bits per heavy atom. The summed E-state index contributed by atoms with van der Waals surface area (Å²) in [4.78, 5) is 10.3. The zero-order valence-electron chi connectivity index (χ0n) is 7.58. The predicted molar refractivity (Wildman–Crippen MR) is 46.1 cm³/mol. The van der Waals surface area contributed by atoms with Crippen LogP contribution >= 0.6 is 0 Å². The highest BCUT2D eigenvalue weighted by molar-refractivity contribution is 5.64. The number of amides is 1. The summed E-state index contributed by atoms with van der Waals surface area (Å²) in [6, 6.07) is -0.118. The van der Waals surface area contributed by atoms with E-state index < -0.39 is 6.09 Å². The molecule has 0 rings (SSSR count). The van der Waals surface area contributed by atoms with Gasteiger partial charge < -0.3 is 15.5 Å². The van der Waals surface area contributed by atoms with Crippen molar-refractivity contribution >= 4 is 6.09 Å². The summed E-state index contributed by atoms with van der Waals surface area (Å²) in [5.41, 5.74) is 0. The second-order valence-electron chi connectivity index (χ2n) is 3.29. The van der Waals surface area contributed by atoms with E-state index in [1.54, 1.807) is 0 Å². The van der Waals surface area contributed by atoms with E-state index in [0.29, 0.717) is 12.3 Å². The van der Waals surface area contributed by atoms with Crippen LogP contribution in [0.3, 0.4) is 0 Å². The average Bonchev–Trinajstić information content (AvgIpc) is 1.84. The van der Waals surface area contributed by atoms with Crippen LogP contribution in [0.5, 0.6) is 0 Å². The SMILES string of the molecule is CC(C)C[C@@H](CCO)NC(=O)O. The summed E-state index contributed by atoms with van der Waals surface area (Å²) < 4.78 is 0. The standard InChI is InChI=1S/C8H17NO3/c1-6(2)5-7(3-4-10)9-8(11)12/h6-7,9-10H,3-5H2,1-2H3,(H,11,12)/t7-/m1/s1. The molecule has 12 heavy (non-hydrogen) atoms. The van der Waals surface area contributed by atoms with Crippen LogP contribution in [-0.4, -0.2) is 29.0 Å². The maximum atomic E-state index is 10.3. The van der Waals surface area contributed by atoms with Gasteiger partial charge in [-0.3, -0.25) is 0 Å². The second-order valence-corrected chi connectivity index (χ2v) is 3.29. The largest absolute Gasteiger partial charge is 0.465 e. The van der Waals surface area contributed by atoms with Crippen molar-refractivity contribution in [1.82, 2.24) is 5.32 Å². The summed E-state index contributed by atoms with van der Waals surface area (Å²) in [5.74, 6) is 0.438. The highest BCUT2D eigenvalue weighted by atomic mass is 16.4. The molecule has 0 aromatic rings. The number of carbonyl (C=O) groups is 1. The van der Waals surface area contributed by atoms with Crippen molar-refractivity contribution in [2.24, 2.45) is 5.92 Å². The van der Waals surface area contributed by atoms with Crippen LogP contribution in [-0.2, 0) is 0 Å². The highest BCUT2D eigenvalue weighted by Crippen LogP contribution is 2.07. The van der Waals surface area contributed by atoms with Crippen LogP contribution in [0, 0.1) is 5.92 Å². The van der Waals surface area contributed by atoms with Gasteiger partial charge in [0.1, 0.15) is 0 Å². The molecule has 0 aromatic heterocycles. The van der Waals surface area contributed by atoms with E-state index in [0.717, 1.165) is 6.42 Å². The Kier molecular flexibility index (Phi) is 5.45. The van der Waals surface area contributed by atoms with E-state index in [-0.39, 0.29) is 12.6 Å². The molecule has 4 heteroatoms. The molecule has 0 aliphatic heterocycles. The Bertz CT molecular complexity index is 136. The molecular weight excluding hydrogens is 158 g/mol. The van der Waals surface area contributed by atoms with Gasteiger partial charge in [-0.1, -0.05) is 13.8 Å². The minimum absolute atomic E-state index is 0.0255. The molecule has 72 valence electrons. The lowest BCUT2D eigenvalue weighted by Crippen LogP contribution is -2.35. The molecule has 0 saturated carbocycles. The minimum Gasteiger partial charge on any atom is -0.465 e. The molecule has 0 bridgehead atoms. The molecule has 0 saturated heterocycles. The molecule has 0 aliphatic carbocycles. The molecule has 0 radical (unpaired) electrons. The monoisotopic (exact) mass is 175 g/mol. The lowest BCUT2D eigenvalue weighted by Gasteiger charge is -2.17. The predicted octanol–water partition coefficient (Wildman–Crippen LogP) is 1.05. The fourth-order valence-electron chi connectivity index (χ4n) is 1.15. The van der Waals surface area contributed by atoms with Crippen LogP contribution in [0.15, 0.2) is 0 Å². The molecule has 1 atom stereocenters. The molecular formula is C8H17NO3. The fourth-order valence-corrected chi connectivity index (χ4v) is 1.15. The topological polar surface area (TPSA) is 69.6 Å². The van der Waals surface area contributed by atoms with Gasteiger partial charge in [-0.2, -0.15) is 0 Å². The molecule has 4 nitrogen and oxygen atoms in total. The smallest absolute Gasteiger partial charge is 0.404 e. The number of nitrogens with one attached hydrogen (secondary N) is 1. The van der Waals surface area contributed by atoms with Gasteiger partial charge in [-0.15, -0.1) is 0 Å². The highest BCUT2D eigenvalue weighted by Gasteiger charge is 2.11. The van der Waals surface area contributed by atoms with Crippen molar-refractivity contribution in [2.75, 3.05) is 6.61 Å². The van der Waals surface area contributed by atoms with E-state index in [4.69, 9.17) is 10.2 Å². The summed E-state index contributed by atoms with van der Waals surface area (Å²) in [5, 5.41) is 19.4. The second kappa shape index (κ2) is 5.83. The van der Waals surface area contributed by atoms with Crippen molar-refractivity contribution in [2.45, 2.75) is 32.7 Å². The third-order valence-corrected chi connectivity index (χ3v) is 1.56. The van der Waals surface area contributed by atoms with Gasteiger partial charge >= 0.3 is 6.09 Å². The molecule has 0 aliphatic rings. The fraction of sp³-hybridized carbons (Fsp3) is 0.875. The Balaban J connectivity index is 3.77. The number of hydrogen-bond acceptors (Lipinski definition) is 2. The van der Waals surface area contributed by atoms with Crippen molar-refractivity contribution in [1.29, 1.82) is 0 Å². The first kappa shape index (κ1) is 11.2. The third kappa shape index (κ3) is 5.97. The van der Waals surface area contributed by atoms with Crippen LogP contribution < -0.4 is 5.32 Å². The molecule has 3 N–H and O–H groups in total. The number of rotatable bonds is 5. The van der Waals surface area contributed by atoms with E-state index >= 15 is 0 Å². The zero-order chi connectivity index (χ0) is 9.56. The molecule has 0 fully saturated rings. The van der Waals surface area contributed by atoms with Crippen LogP contribution in [0.1, 0.15) is 26.7 Å². The van der Waals surface area contributed by atoms with E-state index in [1.807, 2.05) is 13.8 Å². The quantitative estimate of drug-likeness (QED) is 0.585. The van der Waals surface area contributed by atoms with Crippen molar-refractivity contribution in [3.63, 3.8) is 0 Å². The molecule has 0 aromatic carbocycles. The van der Waals surface area contributed by atoms with Gasteiger partial charge in [0.2, 0.25) is 0 Å². The Hall–Kier alpha value is -0.770. The normalized spacial score (nSPS) is 13.0. The first-order valence-corrected chi connectivity index (χ1v) is 4.16. The van der Waals surface area contributed by atoms with E-state index in [9.17, 15) is 4.79 Å². The number of aliphatic hydroxyl groups is 1. The molecule has 0 unspecified atom stereocenters. The van der Waals surface area contributed by atoms with E-state index in [1.165, 1.54) is 0 Å². The van der Waals surface area contributed by atoms with Gasteiger partial charge in [0.15, 0.2) is 0 Å². The summed E-state index contributed by atoms with van der Waals surface area (Å²) in [7, 11) is 0. The Morgan fingerprint density at radius 1 is 1.50 bits per heavy atom. The Morgan fingerprint density at radius 3 is 2.42 bits per heavy atom. The maximum Gasteiger partial charge on any atom is 0.404 e. The van der Waals surface area contributed by atoms with Crippen LogP contribution in [0.2, 0.25) is 0 Å². The van der Waals surface area contributed by atoms with E-state index in [2.05, 4.69) is 5.32 Å². The molecule has 0 spiro atoms. The van der Waals surface area contributed by atoms with Gasteiger partial charge in [0.25, 0.3) is 0 Å². The zero-order valence-corrected chi connectivity index (χ0v) is 7.58. The van der Waals surface area contributed by atoms with Gasteiger partial charge in [-0.25, -0.2) is 4.79 Å². The first-order valence-electron chi connectivity index (χ1n) is 4.16. The minimum atomic E-state index is -1.02. The summed E-state index contributed by atoms with van der Waals surface area (Å²) >= 11 is 0. The number of aliphatic hydroxyl groups excluding tert-OH is 1. The summed E-state index contributed by atoms with van der Waals surface area (Å²) in [6.07, 6.45) is 0.242. The number of carboxylic acid groups (broad SMARTS) is 1. The molecule has 0 heterocycles. The van der Waals surface area contributed by atoms with Crippen molar-refractivity contribution < 1.29 is 15.0 Å². The van der Waals surface area contributed by atoms with Crippen LogP contribution in [0.25, 0.3) is 0 Å². The van der Waals surface area contributed by atoms with Gasteiger partial charge in [0, 0.05) is 12.6 Å². The molecule has 1 amide bonds.